The Balaban J connectivity index is 1.62. The predicted octanol–water partition coefficient (Wildman–Crippen LogP) is 7.04. The van der Waals surface area contributed by atoms with Crippen molar-refractivity contribution in [2.24, 2.45) is 4.99 Å². The minimum absolute atomic E-state index is 0.0429. The summed E-state index contributed by atoms with van der Waals surface area (Å²) < 4.78 is 58.6. The van der Waals surface area contributed by atoms with Crippen LogP contribution in [0.3, 0.4) is 0 Å². The van der Waals surface area contributed by atoms with E-state index in [2.05, 4.69) is 14.7 Å². The number of nitrogens with zero attached hydrogens (tertiary/aromatic N) is 3. The van der Waals surface area contributed by atoms with Gasteiger partial charge < -0.3 is 9.84 Å². The quantitative estimate of drug-likeness (QED) is 0.267. The Kier molecular flexibility index (Phi) is 6.82. The van der Waals surface area contributed by atoms with Crippen molar-refractivity contribution in [3.05, 3.63) is 111 Å². The summed E-state index contributed by atoms with van der Waals surface area (Å²) in [5.74, 6) is -2.62. The first-order valence-corrected chi connectivity index (χ1v) is 12.0. The minimum Gasteiger partial charge on any atom is -0.478 e. The molecule has 2 heterocycles. The van der Waals surface area contributed by atoms with Gasteiger partial charge in [0, 0.05) is 33.8 Å². The Hall–Kier alpha value is -4.31. The molecular weight excluding hydrogens is 538 g/mol. The molecular formula is C28H18ClF4N3O3. The molecule has 0 aliphatic carbocycles. The largest absolute Gasteiger partial charge is 0.573 e. The highest BCUT2D eigenvalue weighted by atomic mass is 35.5. The molecule has 198 valence electrons. The molecule has 1 aromatic heterocycles. The molecule has 3 aromatic carbocycles. The highest BCUT2D eigenvalue weighted by molar-refractivity contribution is 6.31. The fraction of sp³-hybridized carbons (Fsp3) is 0.143. The summed E-state index contributed by atoms with van der Waals surface area (Å²) in [6.07, 6.45) is -3.48. The number of carbonyl (C=O) groups is 1. The molecule has 0 radical (unpaired) electrons. The van der Waals surface area contributed by atoms with E-state index in [1.165, 1.54) is 18.2 Å². The van der Waals surface area contributed by atoms with Crippen molar-refractivity contribution >= 4 is 23.3 Å². The van der Waals surface area contributed by atoms with Gasteiger partial charge in [0.15, 0.2) is 0 Å². The fourth-order valence-corrected chi connectivity index (χ4v) is 4.54. The van der Waals surface area contributed by atoms with E-state index in [0.29, 0.717) is 22.6 Å². The zero-order chi connectivity index (χ0) is 27.9. The van der Waals surface area contributed by atoms with Crippen LogP contribution in [0.2, 0.25) is 5.02 Å². The van der Waals surface area contributed by atoms with Crippen molar-refractivity contribution in [2.45, 2.75) is 25.7 Å². The smallest absolute Gasteiger partial charge is 0.478 e. The van der Waals surface area contributed by atoms with Crippen LogP contribution in [-0.4, -0.2) is 33.1 Å². The second-order valence-electron chi connectivity index (χ2n) is 8.77. The number of aromatic nitrogens is 2. The molecule has 6 nitrogen and oxygen atoms in total. The fourth-order valence-electron chi connectivity index (χ4n) is 4.37. The van der Waals surface area contributed by atoms with E-state index in [9.17, 15) is 18.0 Å². The van der Waals surface area contributed by atoms with Crippen LogP contribution in [0, 0.1) is 5.82 Å². The lowest BCUT2D eigenvalue weighted by Crippen LogP contribution is -2.20. The van der Waals surface area contributed by atoms with E-state index in [1.54, 1.807) is 30.5 Å². The molecule has 39 heavy (non-hydrogen) atoms. The van der Waals surface area contributed by atoms with E-state index < -0.39 is 29.5 Å². The number of carboxylic acid groups (broad SMARTS) is 1. The van der Waals surface area contributed by atoms with Gasteiger partial charge in [-0.25, -0.2) is 19.2 Å². The molecule has 0 fully saturated rings. The number of alkyl halides is 3. The third kappa shape index (κ3) is 5.33. The summed E-state index contributed by atoms with van der Waals surface area (Å²) in [4.78, 5) is 24.9. The number of rotatable bonds is 5. The summed E-state index contributed by atoms with van der Waals surface area (Å²) in [6, 6.07) is 14.2. The van der Waals surface area contributed by atoms with Gasteiger partial charge in [-0.3, -0.25) is 4.99 Å². The topological polar surface area (TPSA) is 84.7 Å². The van der Waals surface area contributed by atoms with Crippen molar-refractivity contribution < 1.29 is 32.2 Å². The minimum atomic E-state index is -5.05. The first-order valence-electron chi connectivity index (χ1n) is 11.6. The van der Waals surface area contributed by atoms with E-state index in [0.717, 1.165) is 23.8 Å². The molecule has 1 unspecified atom stereocenters. The second-order valence-corrected chi connectivity index (χ2v) is 9.20. The first-order chi connectivity index (χ1) is 18.5. The van der Waals surface area contributed by atoms with E-state index in [-0.39, 0.29) is 34.3 Å². The van der Waals surface area contributed by atoms with Crippen LogP contribution < -0.4 is 4.74 Å². The van der Waals surface area contributed by atoms with Gasteiger partial charge in [-0.05, 0) is 42.0 Å². The number of aliphatic imine (C=N–C) groups is 1. The van der Waals surface area contributed by atoms with E-state index in [1.807, 2.05) is 6.92 Å². The molecule has 11 heteroatoms. The maximum absolute atomic E-state index is 15.1. The first kappa shape index (κ1) is 26.3. The molecule has 0 saturated carbocycles. The monoisotopic (exact) mass is 555 g/mol. The number of halogens is 5. The van der Waals surface area contributed by atoms with Gasteiger partial charge >= 0.3 is 12.3 Å². The molecule has 1 aliphatic heterocycles. The highest BCUT2D eigenvalue weighted by Crippen LogP contribution is 2.37. The number of carboxylic acids is 1. The summed E-state index contributed by atoms with van der Waals surface area (Å²) in [7, 11) is 0. The predicted molar refractivity (Wildman–Crippen MR) is 136 cm³/mol. The van der Waals surface area contributed by atoms with Crippen molar-refractivity contribution in [1.29, 1.82) is 0 Å². The molecule has 5 rings (SSSR count). The van der Waals surface area contributed by atoms with Crippen molar-refractivity contribution in [2.75, 3.05) is 0 Å². The zero-order valence-corrected chi connectivity index (χ0v) is 20.9. The van der Waals surface area contributed by atoms with Crippen LogP contribution in [0.5, 0.6) is 5.75 Å². The van der Waals surface area contributed by atoms with Gasteiger partial charge in [0.1, 0.15) is 17.4 Å². The summed E-state index contributed by atoms with van der Waals surface area (Å²) >= 11 is 6.26. The Labute approximate surface area is 224 Å². The molecule has 1 atom stereocenters. The van der Waals surface area contributed by atoms with Gasteiger partial charge in [0.05, 0.1) is 29.1 Å². The zero-order valence-electron chi connectivity index (χ0n) is 20.1. The van der Waals surface area contributed by atoms with Crippen LogP contribution in [0.25, 0.3) is 11.3 Å². The molecule has 1 aliphatic rings. The Morgan fingerprint density at radius 1 is 1.08 bits per heavy atom. The maximum atomic E-state index is 15.1. The van der Waals surface area contributed by atoms with Crippen LogP contribution >= 0.6 is 11.6 Å². The number of ether oxygens (including phenoxy) is 1. The van der Waals surface area contributed by atoms with Gasteiger partial charge in [-0.1, -0.05) is 42.8 Å². The Bertz CT molecular complexity index is 1620. The van der Waals surface area contributed by atoms with Crippen molar-refractivity contribution in [1.82, 2.24) is 9.97 Å². The van der Waals surface area contributed by atoms with Gasteiger partial charge in [0.2, 0.25) is 0 Å². The molecule has 0 bridgehead atoms. The lowest BCUT2D eigenvalue weighted by atomic mass is 9.94. The lowest BCUT2D eigenvalue weighted by molar-refractivity contribution is -0.274. The second kappa shape index (κ2) is 10.1. The number of fused-ring (bicyclic) bond motifs is 3. The molecule has 0 spiro atoms. The third-order valence-electron chi connectivity index (χ3n) is 6.27. The van der Waals surface area contributed by atoms with Crippen LogP contribution in [0.4, 0.5) is 17.6 Å². The molecule has 0 amide bonds. The van der Waals surface area contributed by atoms with Gasteiger partial charge in [0.25, 0.3) is 0 Å². The Morgan fingerprint density at radius 3 is 2.51 bits per heavy atom. The highest BCUT2D eigenvalue weighted by Gasteiger charge is 2.34. The number of hydrogen-bond acceptors (Lipinski definition) is 5. The maximum Gasteiger partial charge on any atom is 0.573 e. The van der Waals surface area contributed by atoms with Crippen molar-refractivity contribution in [3.63, 3.8) is 0 Å². The average molecular weight is 556 g/mol. The van der Waals surface area contributed by atoms with Crippen LogP contribution in [-0.2, 0) is 6.54 Å². The molecule has 0 saturated heterocycles. The Morgan fingerprint density at radius 2 is 1.82 bits per heavy atom. The number of aromatic carboxylic acids is 1. The number of benzene rings is 3. The van der Waals surface area contributed by atoms with Gasteiger partial charge in [-0.2, -0.15) is 0 Å². The van der Waals surface area contributed by atoms with Crippen LogP contribution in [0.15, 0.2) is 71.9 Å². The summed E-state index contributed by atoms with van der Waals surface area (Å²) in [6.45, 7) is 1.82. The lowest BCUT2D eigenvalue weighted by Gasteiger charge is -2.17. The van der Waals surface area contributed by atoms with Crippen molar-refractivity contribution in [3.8, 4) is 17.0 Å². The molecule has 4 aromatic rings. The average Bonchev–Trinajstić information content (AvgIpc) is 3.04. The normalized spacial score (nSPS) is 13.5. The number of hydrogen-bond donors (Lipinski definition) is 1. The summed E-state index contributed by atoms with van der Waals surface area (Å²) in [5, 5.41) is 9.43. The van der Waals surface area contributed by atoms with E-state index in [4.69, 9.17) is 21.7 Å². The SMILES string of the molecule is CC(c1ccc(C(=O)O)cc1)c1ncc2c(n1)-c1ccc(Cl)cc1C(c1c(F)cccc1OC(F)(F)F)=NC2. The third-order valence-corrected chi connectivity index (χ3v) is 6.50. The van der Waals surface area contributed by atoms with Crippen LogP contribution in [0.1, 0.15) is 51.3 Å². The molecule has 1 N–H and O–H groups in total. The van der Waals surface area contributed by atoms with Gasteiger partial charge in [-0.15, -0.1) is 13.2 Å². The standard InChI is InChI=1S/C28H18ClF4N3O3/c1-14(15-5-7-16(8-6-15)27(37)38)26-35-13-17-12-34-25(20-11-18(29)9-10-19(20)24(17)36-26)23-21(30)3-2-4-22(23)39-28(31,32)33/h2-11,13-14H,12H2,1H3,(H,37,38). The van der Waals surface area contributed by atoms with E-state index >= 15 is 4.39 Å². The summed E-state index contributed by atoms with van der Waals surface area (Å²) in [5.41, 5.74) is 2.20.